The van der Waals surface area contributed by atoms with E-state index in [9.17, 15) is 4.79 Å². The Labute approximate surface area is 86.3 Å². The Kier molecular flexibility index (Phi) is 6.28. The van der Waals surface area contributed by atoms with E-state index in [2.05, 4.69) is 15.9 Å². The number of carbonyl (C=O) groups is 1. The van der Waals surface area contributed by atoms with Crippen LogP contribution >= 0.6 is 15.9 Å². The minimum atomic E-state index is -0.649. The van der Waals surface area contributed by atoms with Gasteiger partial charge in [0, 0.05) is 0 Å². The molecular weight excluding hydrogens is 240 g/mol. The van der Waals surface area contributed by atoms with Crippen molar-refractivity contribution in [3.05, 3.63) is 0 Å². The summed E-state index contributed by atoms with van der Waals surface area (Å²) in [6, 6.07) is 0. The predicted octanol–water partition coefficient (Wildman–Crippen LogP) is 0.712. The number of aliphatic hydroxyl groups excluding tert-OH is 1. The van der Waals surface area contributed by atoms with E-state index in [1.165, 1.54) is 0 Å². The second-order valence-electron chi connectivity index (χ2n) is 2.94. The SMILES string of the molecule is CC(C)(Br)C(=O)OCCOCCO. The van der Waals surface area contributed by atoms with E-state index in [1.54, 1.807) is 13.8 Å². The van der Waals surface area contributed by atoms with Crippen LogP contribution in [-0.4, -0.2) is 41.8 Å². The highest BCUT2D eigenvalue weighted by molar-refractivity contribution is 9.10. The fourth-order valence-electron chi connectivity index (χ4n) is 0.532. The molecule has 0 saturated carbocycles. The molecule has 0 aliphatic carbocycles. The lowest BCUT2D eigenvalue weighted by atomic mass is 10.2. The monoisotopic (exact) mass is 254 g/mol. The summed E-state index contributed by atoms with van der Waals surface area (Å²) >= 11 is 3.17. The van der Waals surface area contributed by atoms with Gasteiger partial charge in [0.1, 0.15) is 10.9 Å². The van der Waals surface area contributed by atoms with Gasteiger partial charge in [0.05, 0.1) is 19.8 Å². The zero-order valence-electron chi connectivity index (χ0n) is 7.88. The molecule has 0 aliphatic rings. The van der Waals surface area contributed by atoms with E-state index >= 15 is 0 Å². The molecule has 0 rings (SSSR count). The number of aliphatic hydroxyl groups is 1. The van der Waals surface area contributed by atoms with Gasteiger partial charge in [-0.15, -0.1) is 0 Å². The van der Waals surface area contributed by atoms with Crippen LogP contribution in [0.3, 0.4) is 0 Å². The summed E-state index contributed by atoms with van der Waals surface area (Å²) in [6.45, 7) is 4.21. The van der Waals surface area contributed by atoms with Gasteiger partial charge in [0.15, 0.2) is 0 Å². The summed E-state index contributed by atoms with van der Waals surface area (Å²) in [4.78, 5) is 11.1. The largest absolute Gasteiger partial charge is 0.462 e. The van der Waals surface area contributed by atoms with Crippen LogP contribution in [0.4, 0.5) is 0 Å². The molecule has 5 heteroatoms. The number of halogens is 1. The van der Waals surface area contributed by atoms with Gasteiger partial charge >= 0.3 is 5.97 Å². The van der Waals surface area contributed by atoms with E-state index in [4.69, 9.17) is 14.6 Å². The molecule has 78 valence electrons. The maximum atomic E-state index is 11.1. The van der Waals surface area contributed by atoms with Gasteiger partial charge in [-0.2, -0.15) is 0 Å². The third kappa shape index (κ3) is 6.98. The third-order valence-electron chi connectivity index (χ3n) is 1.18. The molecule has 0 aliphatic heterocycles. The van der Waals surface area contributed by atoms with E-state index in [1.807, 2.05) is 0 Å². The maximum Gasteiger partial charge on any atom is 0.322 e. The Morgan fingerprint density at radius 2 is 2.00 bits per heavy atom. The zero-order chi connectivity index (χ0) is 10.3. The van der Waals surface area contributed by atoms with E-state index < -0.39 is 4.32 Å². The average molecular weight is 255 g/mol. The number of hydrogen-bond donors (Lipinski definition) is 1. The van der Waals surface area contributed by atoms with Gasteiger partial charge < -0.3 is 14.6 Å². The van der Waals surface area contributed by atoms with Crippen molar-refractivity contribution in [2.45, 2.75) is 18.2 Å². The van der Waals surface area contributed by atoms with Crippen molar-refractivity contribution >= 4 is 21.9 Å². The molecule has 0 fully saturated rings. The summed E-state index contributed by atoms with van der Waals surface area (Å²) in [5.74, 6) is -0.319. The van der Waals surface area contributed by atoms with Gasteiger partial charge in [-0.3, -0.25) is 4.79 Å². The van der Waals surface area contributed by atoms with Gasteiger partial charge in [-0.1, -0.05) is 15.9 Å². The lowest BCUT2D eigenvalue weighted by Gasteiger charge is -2.14. The van der Waals surface area contributed by atoms with Crippen molar-refractivity contribution in [2.24, 2.45) is 0 Å². The predicted molar refractivity (Wildman–Crippen MR) is 51.9 cm³/mol. The Balaban J connectivity index is 3.38. The molecule has 13 heavy (non-hydrogen) atoms. The zero-order valence-corrected chi connectivity index (χ0v) is 9.46. The molecule has 0 aromatic carbocycles. The number of alkyl halides is 1. The fourth-order valence-corrected chi connectivity index (χ4v) is 0.646. The molecule has 0 aromatic rings. The van der Waals surface area contributed by atoms with E-state index in [0.717, 1.165) is 0 Å². The minimum Gasteiger partial charge on any atom is -0.462 e. The lowest BCUT2D eigenvalue weighted by Crippen LogP contribution is -2.27. The molecule has 0 heterocycles. The van der Waals surface area contributed by atoms with Crippen molar-refractivity contribution in [3.8, 4) is 0 Å². The highest BCUT2D eigenvalue weighted by Crippen LogP contribution is 2.17. The van der Waals surface area contributed by atoms with Gasteiger partial charge in [-0.05, 0) is 13.8 Å². The maximum absolute atomic E-state index is 11.1. The van der Waals surface area contributed by atoms with Crippen LogP contribution < -0.4 is 0 Å². The molecule has 1 N–H and O–H groups in total. The smallest absolute Gasteiger partial charge is 0.322 e. The number of rotatable bonds is 6. The summed E-state index contributed by atoms with van der Waals surface area (Å²) in [5, 5.41) is 8.36. The van der Waals surface area contributed by atoms with Crippen molar-refractivity contribution < 1.29 is 19.4 Å². The first kappa shape index (κ1) is 12.9. The molecule has 0 atom stereocenters. The number of esters is 1. The fraction of sp³-hybridized carbons (Fsp3) is 0.875. The summed E-state index contributed by atoms with van der Waals surface area (Å²) in [7, 11) is 0. The van der Waals surface area contributed by atoms with Crippen LogP contribution in [0.5, 0.6) is 0 Å². The molecule has 0 spiro atoms. The lowest BCUT2D eigenvalue weighted by molar-refractivity contribution is -0.147. The Morgan fingerprint density at radius 3 is 2.46 bits per heavy atom. The Morgan fingerprint density at radius 1 is 1.38 bits per heavy atom. The van der Waals surface area contributed by atoms with Crippen molar-refractivity contribution in [1.29, 1.82) is 0 Å². The van der Waals surface area contributed by atoms with Crippen molar-refractivity contribution in [2.75, 3.05) is 26.4 Å². The molecule has 0 radical (unpaired) electrons. The van der Waals surface area contributed by atoms with Crippen LogP contribution in [0, 0.1) is 0 Å². The molecule has 0 aromatic heterocycles. The number of carbonyl (C=O) groups excluding carboxylic acids is 1. The summed E-state index contributed by atoms with van der Waals surface area (Å²) < 4.78 is 9.12. The van der Waals surface area contributed by atoms with E-state index in [-0.39, 0.29) is 25.8 Å². The van der Waals surface area contributed by atoms with Crippen LogP contribution in [0.1, 0.15) is 13.8 Å². The van der Waals surface area contributed by atoms with Crippen LogP contribution in [0.2, 0.25) is 0 Å². The molecule has 0 saturated heterocycles. The van der Waals surface area contributed by atoms with Gasteiger partial charge in [0.25, 0.3) is 0 Å². The summed E-state index contributed by atoms with van der Waals surface area (Å²) in [5.41, 5.74) is 0. The van der Waals surface area contributed by atoms with Crippen LogP contribution in [0.25, 0.3) is 0 Å². The quantitative estimate of drug-likeness (QED) is 0.431. The topological polar surface area (TPSA) is 55.8 Å². The highest BCUT2D eigenvalue weighted by Gasteiger charge is 2.24. The highest BCUT2D eigenvalue weighted by atomic mass is 79.9. The molecule has 0 amide bonds. The standard InChI is InChI=1S/C8H15BrO4/c1-8(2,9)7(11)13-6-5-12-4-3-10/h10H,3-6H2,1-2H3. The van der Waals surface area contributed by atoms with Gasteiger partial charge in [-0.25, -0.2) is 0 Å². The van der Waals surface area contributed by atoms with Crippen LogP contribution in [-0.2, 0) is 14.3 Å². The number of ether oxygens (including phenoxy) is 2. The first-order valence-corrected chi connectivity index (χ1v) is 4.82. The Hall–Kier alpha value is -0.130. The van der Waals surface area contributed by atoms with Crippen molar-refractivity contribution in [3.63, 3.8) is 0 Å². The molecule has 0 unspecified atom stereocenters. The number of hydrogen-bond acceptors (Lipinski definition) is 4. The Bertz CT molecular complexity index is 153. The second-order valence-corrected chi connectivity index (χ2v) is 4.93. The normalized spacial score (nSPS) is 11.4. The molecule has 4 nitrogen and oxygen atoms in total. The van der Waals surface area contributed by atoms with Crippen molar-refractivity contribution in [1.82, 2.24) is 0 Å². The molecular formula is C8H15BrO4. The summed E-state index contributed by atoms with van der Waals surface area (Å²) in [6.07, 6.45) is 0. The first-order valence-electron chi connectivity index (χ1n) is 4.03. The third-order valence-corrected chi connectivity index (χ3v) is 1.51. The molecule has 0 bridgehead atoms. The van der Waals surface area contributed by atoms with E-state index in [0.29, 0.717) is 6.61 Å². The first-order chi connectivity index (χ1) is 5.98. The minimum absolute atomic E-state index is 0.0160. The average Bonchev–Trinajstić information content (AvgIpc) is 2.02. The second kappa shape index (κ2) is 6.34. The van der Waals surface area contributed by atoms with Gasteiger partial charge in [0.2, 0.25) is 0 Å². The van der Waals surface area contributed by atoms with Crippen LogP contribution in [0.15, 0.2) is 0 Å².